The van der Waals surface area contributed by atoms with Crippen molar-refractivity contribution in [2.24, 2.45) is 5.41 Å². The maximum atomic E-state index is 13.6. The Hall–Kier alpha value is -3.38. The minimum atomic E-state index is -2.63. The van der Waals surface area contributed by atoms with Crippen LogP contribution >= 0.6 is 46.7 Å². The summed E-state index contributed by atoms with van der Waals surface area (Å²) in [6, 6.07) is 15.4. The zero-order valence-electron chi connectivity index (χ0n) is 35.5. The summed E-state index contributed by atoms with van der Waals surface area (Å²) < 4.78 is 27.2. The normalized spacial score (nSPS) is 16.8. The number of amides is 2. The van der Waals surface area contributed by atoms with Gasteiger partial charge in [-0.25, -0.2) is 13.8 Å². The molecule has 1 saturated heterocycles. The summed E-state index contributed by atoms with van der Waals surface area (Å²) in [5.41, 5.74) is 6.30. The third kappa shape index (κ3) is 11.1. The second kappa shape index (κ2) is 20.5. The number of nitrogens with one attached hydrogen (secondary N) is 2. The number of halogens is 4. The average Bonchev–Trinajstić information content (AvgIpc) is 3.22. The minimum Gasteiger partial charge on any atom is -0.355 e. The quantitative estimate of drug-likeness (QED) is 0.170. The fraction of sp³-hybridized carbons (Fsp3) is 0.478. The topological polar surface area (TPSA) is 87.2 Å². The van der Waals surface area contributed by atoms with Gasteiger partial charge in [0.1, 0.15) is 5.82 Å². The summed E-state index contributed by atoms with van der Waals surface area (Å²) in [6.45, 7) is 13.4. The van der Waals surface area contributed by atoms with Gasteiger partial charge in [-0.2, -0.15) is 0 Å². The predicted octanol–water partition coefficient (Wildman–Crippen LogP) is 13.7. The Morgan fingerprint density at radius 2 is 1.20 bits per heavy atom. The van der Waals surface area contributed by atoms with Gasteiger partial charge in [0.25, 0.3) is 11.8 Å². The first-order valence-electron chi connectivity index (χ1n) is 20.5. The summed E-state index contributed by atoms with van der Waals surface area (Å²) in [5.74, 6) is -2.48. The van der Waals surface area contributed by atoms with Gasteiger partial charge in [-0.3, -0.25) is 14.6 Å². The third-order valence-electron chi connectivity index (χ3n) is 11.6. The van der Waals surface area contributed by atoms with Crippen molar-refractivity contribution in [3.63, 3.8) is 0 Å². The van der Waals surface area contributed by atoms with Crippen LogP contribution in [0.4, 0.5) is 26.0 Å². The first kappa shape index (κ1) is 46.7. The van der Waals surface area contributed by atoms with E-state index in [9.17, 15) is 18.4 Å². The van der Waals surface area contributed by atoms with Crippen LogP contribution < -0.4 is 15.5 Å². The lowest BCUT2D eigenvalue weighted by atomic mass is 9.68. The summed E-state index contributed by atoms with van der Waals surface area (Å²) in [4.78, 5) is 40.1. The Labute approximate surface area is 367 Å². The molecular weight excluding hydrogens is 828 g/mol. The molecule has 2 N–H and O–H groups in total. The van der Waals surface area contributed by atoms with Crippen LogP contribution in [0, 0.1) is 33.1 Å². The highest BCUT2D eigenvalue weighted by atomic mass is 35.5. The predicted molar refractivity (Wildman–Crippen MR) is 245 cm³/mol. The zero-order valence-corrected chi connectivity index (χ0v) is 38.6. The molecule has 4 aromatic rings. The van der Waals surface area contributed by atoms with Gasteiger partial charge in [0.15, 0.2) is 0 Å². The van der Waals surface area contributed by atoms with Crippen molar-refractivity contribution in [3.8, 4) is 0 Å². The maximum absolute atomic E-state index is 13.6. The Morgan fingerprint density at radius 3 is 1.71 bits per heavy atom. The summed E-state index contributed by atoms with van der Waals surface area (Å²) in [5, 5.41) is 6.99. The van der Waals surface area contributed by atoms with E-state index in [1.54, 1.807) is 37.4 Å². The number of benzene rings is 2. The molecule has 318 valence electrons. The van der Waals surface area contributed by atoms with Crippen LogP contribution in [0.2, 0.25) is 10.0 Å². The average molecular weight is 885 g/mol. The van der Waals surface area contributed by atoms with Crippen molar-refractivity contribution in [2.75, 3.05) is 41.1 Å². The Bertz CT molecular complexity index is 2130. The van der Waals surface area contributed by atoms with Gasteiger partial charge in [0.05, 0.1) is 38.3 Å². The van der Waals surface area contributed by atoms with E-state index in [0.29, 0.717) is 62.1 Å². The van der Waals surface area contributed by atoms with Gasteiger partial charge in [0, 0.05) is 58.4 Å². The van der Waals surface area contributed by atoms with Crippen molar-refractivity contribution in [2.45, 2.75) is 121 Å². The highest BCUT2D eigenvalue weighted by Crippen LogP contribution is 2.47. The van der Waals surface area contributed by atoms with E-state index < -0.39 is 5.92 Å². The van der Waals surface area contributed by atoms with Gasteiger partial charge >= 0.3 is 0 Å². The lowest BCUT2D eigenvalue weighted by Gasteiger charge is -2.53. The van der Waals surface area contributed by atoms with Gasteiger partial charge in [-0.1, -0.05) is 68.4 Å². The Kier molecular flexibility index (Phi) is 16.2. The molecule has 3 fully saturated rings. The fourth-order valence-corrected chi connectivity index (χ4v) is 9.58. The van der Waals surface area contributed by atoms with Crippen LogP contribution in [0.5, 0.6) is 0 Å². The number of rotatable bonds is 8. The molecule has 2 aromatic heterocycles. The number of anilines is 3. The van der Waals surface area contributed by atoms with E-state index >= 15 is 0 Å². The zero-order chi connectivity index (χ0) is 43.1. The molecule has 7 rings (SSSR count). The molecule has 1 spiro atoms. The van der Waals surface area contributed by atoms with Crippen LogP contribution in [0.3, 0.4) is 0 Å². The van der Waals surface area contributed by atoms with Crippen molar-refractivity contribution in [1.82, 2.24) is 9.97 Å². The Morgan fingerprint density at radius 1 is 0.729 bits per heavy atom. The largest absolute Gasteiger partial charge is 0.355 e. The van der Waals surface area contributed by atoms with Crippen LogP contribution in [-0.2, 0) is 0 Å². The number of nitrogens with zero attached hydrogens (tertiary/aromatic N) is 3. The van der Waals surface area contributed by atoms with Crippen molar-refractivity contribution in [3.05, 3.63) is 97.9 Å². The fourth-order valence-electron chi connectivity index (χ4n) is 8.39. The van der Waals surface area contributed by atoms with Gasteiger partial charge < -0.3 is 15.5 Å². The van der Waals surface area contributed by atoms with Crippen LogP contribution in [-0.4, -0.2) is 53.3 Å². The number of carbonyl (C=O) groups is 2. The van der Waals surface area contributed by atoms with Crippen molar-refractivity contribution in [1.29, 1.82) is 0 Å². The molecule has 2 saturated carbocycles. The summed E-state index contributed by atoms with van der Waals surface area (Å²) in [6.07, 6.45) is 10.8. The number of pyridine rings is 2. The van der Waals surface area contributed by atoms with Crippen molar-refractivity contribution < 1.29 is 18.4 Å². The lowest BCUT2D eigenvalue weighted by molar-refractivity contribution is -0.0385. The molecule has 7 nitrogen and oxygen atoms in total. The van der Waals surface area contributed by atoms with Crippen LogP contribution in [0.15, 0.2) is 58.3 Å². The highest BCUT2D eigenvalue weighted by Gasteiger charge is 2.45. The first-order valence-corrected chi connectivity index (χ1v) is 23.7. The molecule has 0 radical (unpaired) electrons. The number of aromatic nitrogens is 2. The molecular formula is C46H57Cl2F2N5O2S2. The van der Waals surface area contributed by atoms with Crippen LogP contribution in [0.25, 0.3) is 0 Å². The van der Waals surface area contributed by atoms with Gasteiger partial charge in [0.2, 0.25) is 5.92 Å². The molecule has 0 unspecified atom stereocenters. The number of hydrogen-bond acceptors (Lipinski definition) is 7. The number of aryl methyl sites for hydroxylation is 2. The van der Waals surface area contributed by atoms with Crippen LogP contribution in [0.1, 0.15) is 126 Å². The van der Waals surface area contributed by atoms with E-state index in [4.69, 9.17) is 28.2 Å². The number of alkyl halides is 2. The molecule has 13 heteroatoms. The standard InChI is InChI=1S/C23H28ClN3OS.C21H23ClF2N2OS.C2H6/c1-15-19(22(28)26-17-8-7-9-18(12-17)29-3)21(25-16(2)20(15)24)27-13-23(14-27)10-5-4-6-11-23;1-12-17(20(27)26-15-5-4-6-16(11-15)28-3)19(25-13(2)18(12)22)14-7-9-21(23,24)10-8-14;1-2/h7-9,12H,4-6,10-11,13-14H2,1-3H3,(H,26,28);4-6,11,14H,7-10H2,1-3H3,(H,26,27);1-2H3. The smallest absolute Gasteiger partial charge is 0.259 e. The van der Waals surface area contributed by atoms with E-state index in [0.717, 1.165) is 45.6 Å². The lowest BCUT2D eigenvalue weighted by Crippen LogP contribution is -2.58. The molecule has 3 heterocycles. The molecule has 0 atom stereocenters. The molecule has 3 aliphatic rings. The second-order valence-corrected chi connectivity index (χ2v) is 18.2. The second-order valence-electron chi connectivity index (χ2n) is 15.7. The maximum Gasteiger partial charge on any atom is 0.259 e. The molecule has 2 aliphatic carbocycles. The number of hydrogen-bond donors (Lipinski definition) is 2. The first-order chi connectivity index (χ1) is 28.1. The van der Waals surface area contributed by atoms with Gasteiger partial charge in [-0.05, 0) is 113 Å². The summed E-state index contributed by atoms with van der Waals surface area (Å²) >= 11 is 16.1. The number of thioether (sulfide) groups is 2. The third-order valence-corrected chi connectivity index (χ3v) is 14.1. The van der Waals surface area contributed by atoms with Gasteiger partial charge in [-0.15, -0.1) is 23.5 Å². The van der Waals surface area contributed by atoms with E-state index in [2.05, 4.69) is 20.5 Å². The molecule has 1 aliphatic heterocycles. The molecule has 2 aromatic carbocycles. The highest BCUT2D eigenvalue weighted by molar-refractivity contribution is 7.98. The van der Waals surface area contributed by atoms with E-state index in [1.165, 1.54) is 32.1 Å². The number of carbonyl (C=O) groups excluding carboxylic acids is 2. The van der Waals surface area contributed by atoms with E-state index in [1.807, 2.05) is 88.7 Å². The molecule has 2 amide bonds. The minimum absolute atomic E-state index is 0.144. The van der Waals surface area contributed by atoms with Crippen molar-refractivity contribution >= 4 is 75.7 Å². The molecule has 59 heavy (non-hydrogen) atoms. The monoisotopic (exact) mass is 883 g/mol. The Balaban J connectivity index is 0.000000215. The summed E-state index contributed by atoms with van der Waals surface area (Å²) in [7, 11) is 0. The van der Waals surface area contributed by atoms with E-state index in [-0.39, 0.29) is 30.6 Å². The molecule has 0 bridgehead atoms. The SMILES string of the molecule is CC.CSc1cccc(NC(=O)c2c(C3CCC(F)(F)CC3)nc(C)c(Cl)c2C)c1.CSc1cccc(NC(=O)c2c(N3CC4(CCCCC4)C3)nc(C)c(Cl)c2C)c1.